The lowest BCUT2D eigenvalue weighted by Gasteiger charge is -2.42. The van der Waals surface area contributed by atoms with Gasteiger partial charge in [-0.3, -0.25) is 14.6 Å². The van der Waals surface area contributed by atoms with Crippen molar-refractivity contribution in [2.75, 3.05) is 19.6 Å². The minimum absolute atomic E-state index is 0.0150. The van der Waals surface area contributed by atoms with E-state index in [1.54, 1.807) is 24.5 Å². The van der Waals surface area contributed by atoms with E-state index in [-0.39, 0.29) is 17.9 Å². The maximum atomic E-state index is 12.8. The number of likely N-dealkylation sites (tertiary alicyclic amines) is 1. The number of benzene rings is 1. The van der Waals surface area contributed by atoms with E-state index in [4.69, 9.17) is 4.74 Å². The fourth-order valence-corrected chi connectivity index (χ4v) is 5.84. The Balaban J connectivity index is 1.11. The van der Waals surface area contributed by atoms with Gasteiger partial charge in [0.05, 0.1) is 5.56 Å². The summed E-state index contributed by atoms with van der Waals surface area (Å²) in [5.41, 5.74) is 1.27. The van der Waals surface area contributed by atoms with E-state index >= 15 is 0 Å². The quantitative estimate of drug-likeness (QED) is 0.716. The van der Waals surface area contributed by atoms with Gasteiger partial charge in [-0.1, -0.05) is 18.9 Å². The summed E-state index contributed by atoms with van der Waals surface area (Å²) < 4.78 is 6.18. The number of hydrogen-bond donors (Lipinski definition) is 1. The van der Waals surface area contributed by atoms with Crippen LogP contribution in [0.1, 0.15) is 65.7 Å². The Bertz CT molecular complexity index is 964. The van der Waals surface area contributed by atoms with Gasteiger partial charge in [0.25, 0.3) is 11.8 Å². The summed E-state index contributed by atoms with van der Waals surface area (Å²) in [4.78, 5) is 31.3. The third-order valence-electron chi connectivity index (χ3n) is 7.76. The minimum atomic E-state index is -0.0150. The molecule has 6 nitrogen and oxygen atoms in total. The maximum Gasteiger partial charge on any atom is 0.255 e. The van der Waals surface area contributed by atoms with Gasteiger partial charge in [0.15, 0.2) is 0 Å². The van der Waals surface area contributed by atoms with Crippen molar-refractivity contribution in [3.05, 3.63) is 59.9 Å². The van der Waals surface area contributed by atoms with Crippen LogP contribution in [0.2, 0.25) is 0 Å². The zero-order valence-electron chi connectivity index (χ0n) is 19.1. The van der Waals surface area contributed by atoms with E-state index in [1.165, 1.54) is 32.1 Å². The molecule has 1 aromatic carbocycles. The fraction of sp³-hybridized carbons (Fsp3) is 0.519. The van der Waals surface area contributed by atoms with Crippen molar-refractivity contribution >= 4 is 11.8 Å². The van der Waals surface area contributed by atoms with Crippen LogP contribution in [0.25, 0.3) is 0 Å². The molecule has 6 rings (SSSR count). The monoisotopic (exact) mass is 447 g/mol. The molecule has 2 amide bonds. The molecule has 0 spiro atoms. The molecule has 6 heteroatoms. The van der Waals surface area contributed by atoms with Crippen molar-refractivity contribution in [2.24, 2.45) is 17.8 Å². The van der Waals surface area contributed by atoms with E-state index in [0.717, 1.165) is 37.0 Å². The van der Waals surface area contributed by atoms with Gasteiger partial charge in [-0.05, 0) is 67.3 Å². The number of carbonyl (C=O) groups is 2. The zero-order valence-corrected chi connectivity index (χ0v) is 19.1. The molecule has 1 saturated heterocycles. The number of ether oxygens (including phenoxy) is 1. The summed E-state index contributed by atoms with van der Waals surface area (Å²) in [5.74, 6) is 3.03. The van der Waals surface area contributed by atoms with E-state index < -0.39 is 0 Å². The summed E-state index contributed by atoms with van der Waals surface area (Å²) in [6, 6.07) is 11.1. The lowest BCUT2D eigenvalue weighted by Crippen LogP contribution is -2.41. The molecule has 1 unspecified atom stereocenters. The van der Waals surface area contributed by atoms with Gasteiger partial charge >= 0.3 is 0 Å². The average Bonchev–Trinajstić information content (AvgIpc) is 2.89. The molecule has 0 radical (unpaired) electrons. The summed E-state index contributed by atoms with van der Waals surface area (Å²) in [6.07, 6.45) is 11.6. The lowest BCUT2D eigenvalue weighted by molar-refractivity contribution is 0.0594. The van der Waals surface area contributed by atoms with E-state index in [0.29, 0.717) is 30.1 Å². The Morgan fingerprint density at radius 3 is 2.48 bits per heavy atom. The van der Waals surface area contributed by atoms with Crippen LogP contribution in [0.5, 0.6) is 5.75 Å². The number of hydrogen-bond acceptors (Lipinski definition) is 4. The summed E-state index contributed by atoms with van der Waals surface area (Å²) >= 11 is 0. The number of rotatable bonds is 6. The number of nitrogens with zero attached hydrogens (tertiary/aromatic N) is 2. The van der Waals surface area contributed by atoms with E-state index in [1.807, 2.05) is 29.2 Å². The van der Waals surface area contributed by atoms with Gasteiger partial charge in [-0.15, -0.1) is 0 Å². The van der Waals surface area contributed by atoms with Gasteiger partial charge in [-0.25, -0.2) is 0 Å². The summed E-state index contributed by atoms with van der Waals surface area (Å²) in [6.45, 7) is 2.10. The smallest absolute Gasteiger partial charge is 0.255 e. The molecular formula is C27H33N3O3. The van der Waals surface area contributed by atoms with Gasteiger partial charge in [0.1, 0.15) is 11.9 Å². The standard InChI is InChI=1S/C27H33N3O3/c31-26(29-18-23-15-19-6-8-20(23)9-7-19)21-3-1-5-25(16-21)33-24-10-13-30(14-11-24)27(32)22-4-2-12-28-17-22/h1-5,12,16-17,19-20,23-24H,6-11,13-15,18H2,(H,29,31). The molecule has 1 aliphatic heterocycles. The molecule has 33 heavy (non-hydrogen) atoms. The molecule has 2 aromatic rings. The number of piperidine rings is 1. The van der Waals surface area contributed by atoms with Crippen LogP contribution in [-0.4, -0.2) is 47.4 Å². The molecule has 4 aliphatic rings. The third kappa shape index (κ3) is 5.21. The highest BCUT2D eigenvalue weighted by atomic mass is 16.5. The van der Waals surface area contributed by atoms with Gasteiger partial charge in [0, 0.05) is 50.4 Å². The van der Waals surface area contributed by atoms with Crippen molar-refractivity contribution in [3.8, 4) is 5.75 Å². The summed E-state index contributed by atoms with van der Waals surface area (Å²) in [7, 11) is 0. The van der Waals surface area contributed by atoms with Crippen LogP contribution in [0, 0.1) is 17.8 Å². The van der Waals surface area contributed by atoms with Crippen LogP contribution in [0.4, 0.5) is 0 Å². The van der Waals surface area contributed by atoms with Crippen molar-refractivity contribution < 1.29 is 14.3 Å². The minimum Gasteiger partial charge on any atom is -0.490 e. The number of carbonyl (C=O) groups excluding carboxylic acids is 2. The molecule has 3 saturated carbocycles. The Morgan fingerprint density at radius 1 is 1.00 bits per heavy atom. The highest BCUT2D eigenvalue weighted by Crippen LogP contribution is 2.44. The fourth-order valence-electron chi connectivity index (χ4n) is 5.84. The Morgan fingerprint density at radius 2 is 1.79 bits per heavy atom. The molecule has 174 valence electrons. The maximum absolute atomic E-state index is 12.8. The largest absolute Gasteiger partial charge is 0.490 e. The first-order valence-electron chi connectivity index (χ1n) is 12.4. The van der Waals surface area contributed by atoms with Crippen LogP contribution in [0.3, 0.4) is 0 Å². The molecule has 4 fully saturated rings. The van der Waals surface area contributed by atoms with Gasteiger partial charge in [-0.2, -0.15) is 0 Å². The van der Waals surface area contributed by atoms with E-state index in [9.17, 15) is 9.59 Å². The predicted molar refractivity (Wildman–Crippen MR) is 126 cm³/mol. The van der Waals surface area contributed by atoms with Crippen molar-refractivity contribution in [1.82, 2.24) is 15.2 Å². The lowest BCUT2D eigenvalue weighted by atomic mass is 9.65. The van der Waals surface area contributed by atoms with Crippen LogP contribution >= 0.6 is 0 Å². The number of pyridine rings is 1. The Kier molecular flexibility index (Phi) is 6.60. The Labute approximate surface area is 195 Å². The van der Waals surface area contributed by atoms with Crippen LogP contribution in [0.15, 0.2) is 48.8 Å². The normalized spacial score (nSPS) is 25.0. The molecule has 3 aliphatic carbocycles. The SMILES string of the molecule is O=C(NCC1CC2CCC1CC2)c1cccc(OC2CCN(C(=O)c3cccnc3)CC2)c1. The molecule has 1 aromatic heterocycles. The first kappa shape index (κ1) is 21.9. The number of aromatic nitrogens is 1. The first-order chi connectivity index (χ1) is 16.2. The molecular weight excluding hydrogens is 414 g/mol. The average molecular weight is 448 g/mol. The second-order valence-corrected chi connectivity index (χ2v) is 9.87. The molecule has 1 N–H and O–H groups in total. The van der Waals surface area contributed by atoms with Crippen molar-refractivity contribution in [2.45, 2.75) is 51.0 Å². The second kappa shape index (κ2) is 9.94. The van der Waals surface area contributed by atoms with Gasteiger partial charge < -0.3 is 15.0 Å². The number of fused-ring (bicyclic) bond motifs is 3. The van der Waals surface area contributed by atoms with Crippen molar-refractivity contribution in [1.29, 1.82) is 0 Å². The summed E-state index contributed by atoms with van der Waals surface area (Å²) in [5, 5.41) is 3.17. The van der Waals surface area contributed by atoms with Crippen LogP contribution < -0.4 is 10.1 Å². The highest BCUT2D eigenvalue weighted by Gasteiger charge is 2.35. The van der Waals surface area contributed by atoms with Crippen molar-refractivity contribution in [3.63, 3.8) is 0 Å². The van der Waals surface area contributed by atoms with E-state index in [2.05, 4.69) is 10.3 Å². The molecule has 2 bridgehead atoms. The van der Waals surface area contributed by atoms with Gasteiger partial charge in [0.2, 0.25) is 0 Å². The number of amides is 2. The van der Waals surface area contributed by atoms with Crippen LogP contribution in [-0.2, 0) is 0 Å². The topological polar surface area (TPSA) is 71.5 Å². The molecule has 1 atom stereocenters. The number of nitrogens with one attached hydrogen (secondary N) is 1. The Hall–Kier alpha value is -2.89. The molecule has 2 heterocycles. The predicted octanol–water partition coefficient (Wildman–Crippen LogP) is 4.32. The third-order valence-corrected chi connectivity index (χ3v) is 7.76. The highest BCUT2D eigenvalue weighted by molar-refractivity contribution is 5.94. The second-order valence-electron chi connectivity index (χ2n) is 9.87. The zero-order chi connectivity index (χ0) is 22.6. The first-order valence-corrected chi connectivity index (χ1v) is 12.4.